The fourth-order valence-electron chi connectivity index (χ4n) is 1.96. The highest BCUT2D eigenvalue weighted by Crippen LogP contribution is 2.37. The summed E-state index contributed by atoms with van der Waals surface area (Å²) in [5.41, 5.74) is 0.222. The number of aliphatic carboxylic acids is 2. The average molecular weight is 301 g/mol. The van der Waals surface area contributed by atoms with Gasteiger partial charge in [0.15, 0.2) is 0 Å². The van der Waals surface area contributed by atoms with Gasteiger partial charge in [0.1, 0.15) is 18.8 Å². The average Bonchev–Trinajstić information content (AvgIpc) is 3.09. The number of carboxylic acid groups (broad SMARTS) is 2. The molecule has 1 amide bonds. The Morgan fingerprint density at radius 3 is 2.25 bits per heavy atom. The third-order valence-electron chi connectivity index (χ3n) is 2.91. The molecule has 20 heavy (non-hydrogen) atoms. The van der Waals surface area contributed by atoms with E-state index in [0.29, 0.717) is 5.02 Å². The van der Waals surface area contributed by atoms with Crippen molar-refractivity contribution >= 4 is 29.4 Å². The van der Waals surface area contributed by atoms with Gasteiger partial charge in [-0.05, 0) is 18.9 Å². The number of aromatic nitrogens is 1. The minimum Gasteiger partial charge on any atom is -0.480 e. The number of carboxylic acids is 2. The number of halogens is 1. The standard InChI is InChI=1S/C12H13ClN2O5/c13-7-3-9(15(4-7)8-1-2-8)12(20)14(5-10(16)17)6-11(18)19/h3-4,8H,1-2,5-6H2,(H,16,17)(H,18,19). The number of carbonyl (C=O) groups excluding carboxylic acids is 1. The van der Waals surface area contributed by atoms with E-state index >= 15 is 0 Å². The Labute approximate surface area is 119 Å². The molecule has 0 radical (unpaired) electrons. The minimum atomic E-state index is -1.27. The van der Waals surface area contributed by atoms with E-state index in [2.05, 4.69) is 0 Å². The van der Waals surface area contributed by atoms with Crippen LogP contribution in [0.25, 0.3) is 0 Å². The zero-order valence-corrected chi connectivity index (χ0v) is 11.2. The molecule has 0 bridgehead atoms. The van der Waals surface area contributed by atoms with Gasteiger partial charge in [0.05, 0.1) is 5.02 Å². The van der Waals surface area contributed by atoms with E-state index in [9.17, 15) is 14.4 Å². The Morgan fingerprint density at radius 1 is 1.25 bits per heavy atom. The van der Waals surface area contributed by atoms with Gasteiger partial charge in [0.25, 0.3) is 5.91 Å². The molecule has 1 aromatic heterocycles. The van der Waals surface area contributed by atoms with E-state index in [1.807, 2.05) is 0 Å². The van der Waals surface area contributed by atoms with Crippen LogP contribution >= 0.6 is 11.6 Å². The van der Waals surface area contributed by atoms with Crippen LogP contribution in [0.1, 0.15) is 29.4 Å². The van der Waals surface area contributed by atoms with Gasteiger partial charge in [-0.1, -0.05) is 11.6 Å². The van der Waals surface area contributed by atoms with Gasteiger partial charge >= 0.3 is 11.9 Å². The van der Waals surface area contributed by atoms with Crippen molar-refractivity contribution in [2.45, 2.75) is 18.9 Å². The van der Waals surface area contributed by atoms with E-state index in [1.54, 1.807) is 10.8 Å². The van der Waals surface area contributed by atoms with Gasteiger partial charge in [-0.2, -0.15) is 0 Å². The lowest BCUT2D eigenvalue weighted by atomic mass is 10.3. The van der Waals surface area contributed by atoms with Crippen molar-refractivity contribution in [2.75, 3.05) is 13.1 Å². The van der Waals surface area contributed by atoms with Gasteiger partial charge in [-0.3, -0.25) is 14.4 Å². The van der Waals surface area contributed by atoms with Gasteiger partial charge in [-0.25, -0.2) is 0 Å². The van der Waals surface area contributed by atoms with Crippen LogP contribution < -0.4 is 0 Å². The number of carbonyl (C=O) groups is 3. The number of hydrogen-bond acceptors (Lipinski definition) is 3. The maximum atomic E-state index is 12.3. The van der Waals surface area contributed by atoms with Gasteiger partial charge in [-0.15, -0.1) is 0 Å². The first kappa shape index (κ1) is 14.4. The molecule has 8 heteroatoms. The van der Waals surface area contributed by atoms with E-state index in [1.165, 1.54) is 6.07 Å². The minimum absolute atomic E-state index is 0.179. The van der Waals surface area contributed by atoms with Crippen LogP contribution in [0.15, 0.2) is 12.3 Å². The van der Waals surface area contributed by atoms with Crippen molar-refractivity contribution in [3.8, 4) is 0 Å². The molecular formula is C12H13ClN2O5. The normalized spacial score (nSPS) is 14.1. The maximum Gasteiger partial charge on any atom is 0.323 e. The van der Waals surface area contributed by atoms with Crippen LogP contribution in [0.5, 0.6) is 0 Å². The molecule has 108 valence electrons. The van der Waals surface area contributed by atoms with E-state index in [0.717, 1.165) is 17.7 Å². The molecule has 2 rings (SSSR count). The van der Waals surface area contributed by atoms with Crippen LogP contribution in [0.2, 0.25) is 5.02 Å². The first-order valence-corrected chi connectivity index (χ1v) is 6.36. The molecule has 1 heterocycles. The number of hydrogen-bond donors (Lipinski definition) is 2. The van der Waals surface area contributed by atoms with E-state index in [-0.39, 0.29) is 11.7 Å². The maximum absolute atomic E-state index is 12.3. The van der Waals surface area contributed by atoms with Crippen LogP contribution in [0, 0.1) is 0 Å². The van der Waals surface area contributed by atoms with Crippen LogP contribution in [-0.2, 0) is 9.59 Å². The molecule has 0 atom stereocenters. The number of rotatable bonds is 6. The lowest BCUT2D eigenvalue weighted by molar-refractivity contribution is -0.140. The fourth-order valence-corrected chi connectivity index (χ4v) is 2.17. The Morgan fingerprint density at radius 2 is 1.80 bits per heavy atom. The smallest absolute Gasteiger partial charge is 0.323 e. The molecular weight excluding hydrogens is 288 g/mol. The summed E-state index contributed by atoms with van der Waals surface area (Å²) in [4.78, 5) is 34.6. The number of nitrogens with zero attached hydrogens (tertiary/aromatic N) is 2. The molecule has 1 aromatic rings. The molecule has 0 saturated heterocycles. The molecule has 1 saturated carbocycles. The van der Waals surface area contributed by atoms with Crippen molar-refractivity contribution in [1.29, 1.82) is 0 Å². The van der Waals surface area contributed by atoms with Gasteiger partial charge in [0, 0.05) is 12.2 Å². The lowest BCUT2D eigenvalue weighted by Crippen LogP contribution is -2.40. The highest BCUT2D eigenvalue weighted by molar-refractivity contribution is 6.31. The Hall–Kier alpha value is -2.02. The SMILES string of the molecule is O=C(O)CN(CC(=O)O)C(=O)c1cc(Cl)cn1C1CC1. The van der Waals surface area contributed by atoms with Crippen LogP contribution in [-0.4, -0.2) is 50.6 Å². The Balaban J connectivity index is 2.26. The molecule has 0 aromatic carbocycles. The molecule has 1 aliphatic rings. The summed E-state index contributed by atoms with van der Waals surface area (Å²) in [7, 11) is 0. The molecule has 2 N–H and O–H groups in total. The topological polar surface area (TPSA) is 99.8 Å². The van der Waals surface area contributed by atoms with E-state index in [4.69, 9.17) is 21.8 Å². The Kier molecular flexibility index (Phi) is 3.99. The van der Waals surface area contributed by atoms with Crippen molar-refractivity contribution < 1.29 is 24.6 Å². The summed E-state index contributed by atoms with van der Waals surface area (Å²) in [5, 5.41) is 17.9. The van der Waals surface area contributed by atoms with Crippen molar-refractivity contribution in [3.05, 3.63) is 23.0 Å². The summed E-state index contributed by atoms with van der Waals surface area (Å²) in [6, 6.07) is 1.61. The first-order valence-electron chi connectivity index (χ1n) is 5.98. The summed E-state index contributed by atoms with van der Waals surface area (Å²) < 4.78 is 1.68. The quantitative estimate of drug-likeness (QED) is 0.819. The zero-order valence-electron chi connectivity index (χ0n) is 10.5. The van der Waals surface area contributed by atoms with Crippen LogP contribution in [0.3, 0.4) is 0 Å². The predicted molar refractivity (Wildman–Crippen MR) is 68.9 cm³/mol. The van der Waals surface area contributed by atoms with Crippen molar-refractivity contribution in [2.24, 2.45) is 0 Å². The molecule has 7 nitrogen and oxygen atoms in total. The largest absolute Gasteiger partial charge is 0.480 e. The molecule has 0 unspecified atom stereocenters. The predicted octanol–water partition coefficient (Wildman–Crippen LogP) is 1.09. The third-order valence-corrected chi connectivity index (χ3v) is 3.12. The van der Waals surface area contributed by atoms with Crippen molar-refractivity contribution in [1.82, 2.24) is 9.47 Å². The first-order chi connectivity index (χ1) is 9.38. The molecule has 1 aliphatic carbocycles. The zero-order chi connectivity index (χ0) is 14.9. The highest BCUT2D eigenvalue weighted by atomic mass is 35.5. The highest BCUT2D eigenvalue weighted by Gasteiger charge is 2.30. The summed E-state index contributed by atoms with van der Waals surface area (Å²) in [6.45, 7) is -1.34. The van der Waals surface area contributed by atoms with Gasteiger partial charge in [0.2, 0.25) is 0 Å². The summed E-state index contributed by atoms with van der Waals surface area (Å²) in [5.74, 6) is -3.18. The second kappa shape index (κ2) is 5.54. The van der Waals surface area contributed by atoms with Crippen LogP contribution in [0.4, 0.5) is 0 Å². The number of amides is 1. The fraction of sp³-hybridized carbons (Fsp3) is 0.417. The monoisotopic (exact) mass is 300 g/mol. The molecule has 1 fully saturated rings. The molecule has 0 spiro atoms. The second-order valence-electron chi connectivity index (χ2n) is 4.63. The third kappa shape index (κ3) is 3.30. The second-order valence-corrected chi connectivity index (χ2v) is 5.07. The lowest BCUT2D eigenvalue weighted by Gasteiger charge is -2.19. The van der Waals surface area contributed by atoms with Gasteiger partial charge < -0.3 is 19.7 Å². The summed E-state index contributed by atoms with van der Waals surface area (Å²) >= 11 is 5.87. The van der Waals surface area contributed by atoms with E-state index < -0.39 is 30.9 Å². The molecule has 0 aliphatic heterocycles. The summed E-state index contributed by atoms with van der Waals surface area (Å²) in [6.07, 6.45) is 3.44. The van der Waals surface area contributed by atoms with Crippen molar-refractivity contribution in [3.63, 3.8) is 0 Å². The Bertz CT molecular complexity index is 548.